The van der Waals surface area contributed by atoms with E-state index < -0.39 is 5.91 Å². The second kappa shape index (κ2) is 6.15. The lowest BCUT2D eigenvalue weighted by Crippen LogP contribution is -2.29. The number of aromatic nitrogens is 2. The zero-order valence-electron chi connectivity index (χ0n) is 13.0. The molecule has 130 valence electrons. The summed E-state index contributed by atoms with van der Waals surface area (Å²) >= 11 is 0.927. The Kier molecular flexibility index (Phi) is 3.81. The summed E-state index contributed by atoms with van der Waals surface area (Å²) in [5.41, 5.74) is 6.17. The fraction of sp³-hybridized carbons (Fsp3) is 0. The molecule has 3 N–H and O–H groups in total. The highest BCUT2D eigenvalue weighted by Crippen LogP contribution is 2.36. The number of furan rings is 1. The Morgan fingerprint density at radius 2 is 2.12 bits per heavy atom. The van der Waals surface area contributed by atoms with Gasteiger partial charge in [0.15, 0.2) is 5.17 Å². The number of hydrogen-bond acceptors (Lipinski definition) is 8. The highest BCUT2D eigenvalue weighted by atomic mass is 32.2. The molecule has 26 heavy (non-hydrogen) atoms. The summed E-state index contributed by atoms with van der Waals surface area (Å²) in [4.78, 5) is 13.8. The third kappa shape index (κ3) is 2.75. The number of carbonyl (C=O) groups is 1. The smallest absolute Gasteiger partial charge is 0.272 e. The van der Waals surface area contributed by atoms with Crippen molar-refractivity contribution in [1.82, 2.24) is 10.3 Å². The second-order valence-corrected chi connectivity index (χ2v) is 6.27. The molecule has 0 radical (unpaired) electrons. The van der Waals surface area contributed by atoms with Crippen LogP contribution in [0.25, 0.3) is 17.4 Å². The second-order valence-electron chi connectivity index (χ2n) is 5.24. The van der Waals surface area contributed by atoms with Crippen LogP contribution >= 0.6 is 11.8 Å². The molecule has 0 spiro atoms. The maximum absolute atomic E-state index is 13.3. The molecule has 1 fully saturated rings. The van der Waals surface area contributed by atoms with Crippen molar-refractivity contribution in [2.24, 2.45) is 0 Å². The number of amidine groups is 1. The number of carbonyl (C=O) groups excluding carboxylic acids is 1. The highest BCUT2D eigenvalue weighted by molar-refractivity contribution is 8.19. The highest BCUT2D eigenvalue weighted by Gasteiger charge is 2.37. The lowest BCUT2D eigenvalue weighted by molar-refractivity contribution is -0.113. The largest absolute Gasteiger partial charge is 0.457 e. The minimum absolute atomic E-state index is 0.0317. The van der Waals surface area contributed by atoms with Gasteiger partial charge in [0, 0.05) is 11.6 Å². The van der Waals surface area contributed by atoms with Gasteiger partial charge in [0.05, 0.1) is 4.91 Å². The van der Waals surface area contributed by atoms with Crippen molar-refractivity contribution in [3.63, 3.8) is 0 Å². The molecule has 1 saturated heterocycles. The first-order chi connectivity index (χ1) is 12.5. The Morgan fingerprint density at radius 1 is 1.27 bits per heavy atom. The number of hydrogen-bond donors (Lipinski definition) is 2. The number of nitrogen functional groups attached to an aromatic ring is 1. The Balaban J connectivity index is 1.63. The van der Waals surface area contributed by atoms with Gasteiger partial charge in [0.1, 0.15) is 17.3 Å². The Labute approximate surface area is 149 Å². The summed E-state index contributed by atoms with van der Waals surface area (Å²) in [5.74, 6) is -0.133. The maximum atomic E-state index is 13.3. The van der Waals surface area contributed by atoms with Gasteiger partial charge in [-0.15, -0.1) is 0 Å². The monoisotopic (exact) mass is 371 g/mol. The van der Waals surface area contributed by atoms with Gasteiger partial charge >= 0.3 is 0 Å². The number of nitrogens with two attached hydrogens (primary N) is 1. The number of nitrogens with zero attached hydrogens (tertiary/aromatic N) is 3. The average Bonchev–Trinajstić information content (AvgIpc) is 3.30. The van der Waals surface area contributed by atoms with Gasteiger partial charge in [-0.3, -0.25) is 10.2 Å². The van der Waals surface area contributed by atoms with Crippen LogP contribution in [0, 0.1) is 11.2 Å². The molecule has 1 aromatic carbocycles. The van der Waals surface area contributed by atoms with Crippen LogP contribution in [-0.2, 0) is 4.79 Å². The first-order valence-corrected chi connectivity index (χ1v) is 8.11. The van der Waals surface area contributed by atoms with Crippen molar-refractivity contribution in [1.29, 1.82) is 5.41 Å². The summed E-state index contributed by atoms with van der Waals surface area (Å²) in [6, 6.07) is 9.31. The fourth-order valence-corrected chi connectivity index (χ4v) is 3.20. The minimum atomic E-state index is -0.494. The number of nitrogens with one attached hydrogen (secondary N) is 1. The molecule has 8 nitrogen and oxygen atoms in total. The summed E-state index contributed by atoms with van der Waals surface area (Å²) in [7, 11) is 0. The summed E-state index contributed by atoms with van der Waals surface area (Å²) in [6.07, 6.45) is 1.49. The number of amides is 1. The SMILES string of the molecule is N=C1SC(=Cc2ccc(-c3cccc(F)c3)o2)C(=O)N1c1nonc1N. The number of anilines is 2. The molecule has 0 saturated carbocycles. The molecule has 2 aromatic heterocycles. The van der Waals surface area contributed by atoms with Gasteiger partial charge in [-0.2, -0.15) is 0 Å². The van der Waals surface area contributed by atoms with E-state index in [-0.39, 0.29) is 27.5 Å². The van der Waals surface area contributed by atoms with Crippen LogP contribution in [0.1, 0.15) is 5.76 Å². The molecule has 0 bridgehead atoms. The predicted molar refractivity (Wildman–Crippen MR) is 93.6 cm³/mol. The van der Waals surface area contributed by atoms with Crippen LogP contribution < -0.4 is 10.6 Å². The lowest BCUT2D eigenvalue weighted by Gasteiger charge is -2.08. The molecule has 1 amide bonds. The lowest BCUT2D eigenvalue weighted by atomic mass is 10.2. The molecule has 0 atom stereocenters. The third-order valence-corrected chi connectivity index (χ3v) is 4.43. The number of benzene rings is 1. The van der Waals surface area contributed by atoms with Crippen LogP contribution in [0.2, 0.25) is 0 Å². The fourth-order valence-electron chi connectivity index (χ4n) is 2.38. The van der Waals surface area contributed by atoms with Gasteiger partial charge in [-0.25, -0.2) is 13.9 Å². The van der Waals surface area contributed by atoms with E-state index in [2.05, 4.69) is 14.9 Å². The van der Waals surface area contributed by atoms with Crippen molar-refractivity contribution in [2.45, 2.75) is 0 Å². The van der Waals surface area contributed by atoms with Gasteiger partial charge in [0.25, 0.3) is 5.91 Å². The Bertz CT molecular complexity index is 1060. The van der Waals surface area contributed by atoms with Crippen LogP contribution in [0.4, 0.5) is 16.0 Å². The van der Waals surface area contributed by atoms with Gasteiger partial charge in [-0.05, 0) is 46.3 Å². The van der Waals surface area contributed by atoms with Crippen LogP contribution in [0.3, 0.4) is 0 Å². The van der Waals surface area contributed by atoms with E-state index in [4.69, 9.17) is 15.6 Å². The molecule has 10 heteroatoms. The van der Waals surface area contributed by atoms with E-state index in [1.54, 1.807) is 24.3 Å². The summed E-state index contributed by atoms with van der Waals surface area (Å²) in [5, 5.41) is 14.8. The number of thioether (sulfide) groups is 1. The Morgan fingerprint density at radius 3 is 2.85 bits per heavy atom. The van der Waals surface area contributed by atoms with E-state index in [0.717, 1.165) is 16.7 Å². The molecular weight excluding hydrogens is 361 g/mol. The van der Waals surface area contributed by atoms with E-state index in [9.17, 15) is 9.18 Å². The zero-order valence-corrected chi connectivity index (χ0v) is 13.8. The van der Waals surface area contributed by atoms with Gasteiger partial charge < -0.3 is 10.2 Å². The minimum Gasteiger partial charge on any atom is -0.457 e. The normalized spacial score (nSPS) is 16.0. The summed E-state index contributed by atoms with van der Waals surface area (Å²) < 4.78 is 23.5. The standard InChI is InChI=1S/C16H10FN5O3S/c17-9-3-1-2-8(6-9)11-5-4-10(24-11)7-12-15(23)22(16(19)26-12)14-13(18)20-25-21-14/h1-7,19H,(H2,18,20). The first-order valence-electron chi connectivity index (χ1n) is 7.29. The molecule has 3 heterocycles. The van der Waals surface area contributed by atoms with Crippen molar-refractivity contribution in [3.05, 3.63) is 52.9 Å². The van der Waals surface area contributed by atoms with Gasteiger partial charge in [0.2, 0.25) is 11.6 Å². The molecule has 0 unspecified atom stereocenters. The molecule has 1 aliphatic heterocycles. The first kappa shape index (κ1) is 16.1. The van der Waals surface area contributed by atoms with Gasteiger partial charge in [-0.1, -0.05) is 12.1 Å². The van der Waals surface area contributed by atoms with Crippen molar-refractivity contribution in [2.75, 3.05) is 10.6 Å². The molecule has 4 rings (SSSR count). The van der Waals surface area contributed by atoms with Crippen LogP contribution in [0.5, 0.6) is 0 Å². The van der Waals surface area contributed by atoms with Crippen molar-refractivity contribution >= 4 is 40.5 Å². The third-order valence-electron chi connectivity index (χ3n) is 3.54. The number of halogens is 1. The topological polar surface area (TPSA) is 122 Å². The quantitative estimate of drug-likeness (QED) is 0.678. The predicted octanol–water partition coefficient (Wildman–Crippen LogP) is 3.11. The zero-order chi connectivity index (χ0) is 18.3. The number of rotatable bonds is 3. The van der Waals surface area contributed by atoms with E-state index in [1.165, 1.54) is 18.2 Å². The molecule has 0 aliphatic carbocycles. The van der Waals surface area contributed by atoms with E-state index >= 15 is 0 Å². The van der Waals surface area contributed by atoms with Crippen LogP contribution in [-0.4, -0.2) is 21.4 Å². The van der Waals surface area contributed by atoms with E-state index in [0.29, 0.717) is 17.1 Å². The molecule has 3 aromatic rings. The van der Waals surface area contributed by atoms with Crippen LogP contribution in [0.15, 0.2) is 50.3 Å². The Hall–Kier alpha value is -3.40. The maximum Gasteiger partial charge on any atom is 0.272 e. The van der Waals surface area contributed by atoms with E-state index in [1.807, 2.05) is 0 Å². The van der Waals surface area contributed by atoms with Crippen molar-refractivity contribution in [3.8, 4) is 11.3 Å². The average molecular weight is 371 g/mol. The molecular formula is C16H10FN5O3S. The van der Waals surface area contributed by atoms with Crippen molar-refractivity contribution < 1.29 is 18.2 Å². The molecule has 1 aliphatic rings. The summed E-state index contributed by atoms with van der Waals surface area (Å²) in [6.45, 7) is 0.